The van der Waals surface area contributed by atoms with Crippen LogP contribution in [0.25, 0.3) is 10.9 Å². The van der Waals surface area contributed by atoms with Crippen LogP contribution >= 0.6 is 23.2 Å². The van der Waals surface area contributed by atoms with Crippen LogP contribution in [-0.4, -0.2) is 45.7 Å². The lowest BCUT2D eigenvalue weighted by Gasteiger charge is -2.38. The molecule has 0 saturated carbocycles. The van der Waals surface area contributed by atoms with Crippen molar-refractivity contribution >= 4 is 52.0 Å². The van der Waals surface area contributed by atoms with Crippen molar-refractivity contribution in [2.75, 3.05) is 6.54 Å². The highest BCUT2D eigenvalue weighted by Gasteiger charge is 2.45. The van der Waals surface area contributed by atoms with Crippen molar-refractivity contribution in [3.8, 4) is 0 Å². The third kappa shape index (κ3) is 8.21. The molecule has 5 rings (SSSR count). The molecule has 2 heterocycles. The molecule has 49 heavy (non-hydrogen) atoms. The van der Waals surface area contributed by atoms with Crippen molar-refractivity contribution in [3.63, 3.8) is 0 Å². The van der Waals surface area contributed by atoms with Crippen LogP contribution in [0.3, 0.4) is 0 Å². The lowest BCUT2D eigenvalue weighted by Crippen LogP contribution is -2.56. The lowest BCUT2D eigenvalue weighted by molar-refractivity contribution is -0.134. The van der Waals surface area contributed by atoms with E-state index in [9.17, 15) is 14.4 Å². The molecule has 4 N–H and O–H groups in total. The number of aryl methyl sites for hydroxylation is 2. The van der Waals surface area contributed by atoms with E-state index >= 15 is 0 Å². The highest BCUT2D eigenvalue weighted by molar-refractivity contribution is 6.38. The smallest absolute Gasteiger partial charge is 0.408 e. The molecule has 0 spiro atoms. The molecule has 13 heteroatoms. The fourth-order valence-corrected chi connectivity index (χ4v) is 6.87. The van der Waals surface area contributed by atoms with E-state index in [2.05, 4.69) is 31.1 Å². The molecule has 2 aromatic carbocycles. The van der Waals surface area contributed by atoms with Gasteiger partial charge in [0.15, 0.2) is 0 Å². The predicted octanol–water partition coefficient (Wildman–Crippen LogP) is 7.00. The molecule has 0 fully saturated rings. The van der Waals surface area contributed by atoms with Crippen molar-refractivity contribution in [2.24, 2.45) is 17.3 Å². The molecule has 3 amide bonds. The van der Waals surface area contributed by atoms with Gasteiger partial charge in [-0.2, -0.15) is 0 Å². The van der Waals surface area contributed by atoms with Gasteiger partial charge in [0, 0.05) is 29.6 Å². The zero-order chi connectivity index (χ0) is 35.3. The van der Waals surface area contributed by atoms with Gasteiger partial charge < -0.3 is 30.1 Å². The monoisotopic (exact) mass is 710 g/mol. The fraction of sp³-hybridized carbons (Fsp3) is 0.472. The molecule has 1 aliphatic rings. The molecular weight excluding hydrogens is 667 g/mol. The van der Waals surface area contributed by atoms with E-state index in [4.69, 9.17) is 32.4 Å². The molecule has 1 aliphatic carbocycles. The van der Waals surface area contributed by atoms with Crippen LogP contribution in [0.5, 0.6) is 0 Å². The number of benzene rings is 2. The maximum Gasteiger partial charge on any atom is 0.408 e. The Hall–Kier alpha value is -4.09. The first-order valence-corrected chi connectivity index (χ1v) is 17.5. The van der Waals surface area contributed by atoms with Gasteiger partial charge in [-0.05, 0) is 54.4 Å². The molecule has 0 aliphatic heterocycles. The molecule has 11 nitrogen and oxygen atoms in total. The number of H-pyrrole nitrogens is 1. The number of ether oxygens (including phenoxy) is 1. The Balaban J connectivity index is 1.42. The van der Waals surface area contributed by atoms with Crippen LogP contribution in [0, 0.1) is 24.2 Å². The molecule has 0 saturated heterocycles. The van der Waals surface area contributed by atoms with Crippen LogP contribution in [0.2, 0.25) is 10.0 Å². The second-order valence-electron chi connectivity index (χ2n) is 13.1. The number of halogens is 2. The Bertz CT molecular complexity index is 1790. The Morgan fingerprint density at radius 2 is 1.78 bits per heavy atom. The number of fused-ring (bicyclic) bond motifs is 3. The summed E-state index contributed by atoms with van der Waals surface area (Å²) in [6.45, 7) is 9.67. The van der Waals surface area contributed by atoms with Gasteiger partial charge in [-0.1, -0.05) is 94.1 Å². The Morgan fingerprint density at radius 3 is 2.45 bits per heavy atom. The summed E-state index contributed by atoms with van der Waals surface area (Å²) in [7, 11) is 0. The van der Waals surface area contributed by atoms with E-state index in [1.54, 1.807) is 13.0 Å². The summed E-state index contributed by atoms with van der Waals surface area (Å²) in [6, 6.07) is 11.4. The molecule has 5 atom stereocenters. The van der Waals surface area contributed by atoms with Gasteiger partial charge in [-0.25, -0.2) is 4.79 Å². The van der Waals surface area contributed by atoms with Gasteiger partial charge in [0.1, 0.15) is 18.7 Å². The molecule has 2 aromatic heterocycles. The van der Waals surface area contributed by atoms with E-state index in [0.717, 1.165) is 34.1 Å². The van der Waals surface area contributed by atoms with Crippen LogP contribution < -0.4 is 16.0 Å². The van der Waals surface area contributed by atoms with E-state index in [1.165, 1.54) is 0 Å². The number of hydrogen-bond donors (Lipinski definition) is 4. The first-order chi connectivity index (χ1) is 23.4. The number of aromatic amines is 1. The van der Waals surface area contributed by atoms with Gasteiger partial charge in [0.2, 0.25) is 23.6 Å². The van der Waals surface area contributed by atoms with Crippen molar-refractivity contribution in [2.45, 2.75) is 85.4 Å². The average Bonchev–Trinajstić information content (AvgIpc) is 3.70. The minimum atomic E-state index is -1.07. The number of aromatic nitrogens is 3. The standard InChI is InChI=1S/C36H44Cl2N6O5/c1-6-20(3)29(42-35(47)48-18-23-11-9-8-10-12-23)32(45)39-19-36(34(46)41-30(21(4)7-2)33-44-43-22(5)49-33)14-13-28-26(17-36)25-15-24(37)16-27(38)31(25)40-28/h8-12,15-16,20-21,29-30,40H,6-7,13-14,17-19H2,1-5H3,(H,39,45)(H,41,46)(H,42,47)/t20?,21?,29-,30-,36+/m0/s1. The minimum Gasteiger partial charge on any atom is -0.445 e. The number of rotatable bonds is 13. The molecule has 0 bridgehead atoms. The summed E-state index contributed by atoms with van der Waals surface area (Å²) in [5, 5.41) is 19.0. The zero-order valence-corrected chi connectivity index (χ0v) is 30.0. The van der Waals surface area contributed by atoms with Crippen LogP contribution in [0.4, 0.5) is 4.79 Å². The molecule has 4 aromatic rings. The van der Waals surface area contributed by atoms with Gasteiger partial charge >= 0.3 is 6.09 Å². The summed E-state index contributed by atoms with van der Waals surface area (Å²) in [5.41, 5.74) is 2.41. The topological polar surface area (TPSA) is 151 Å². The van der Waals surface area contributed by atoms with E-state index in [1.807, 2.05) is 64.1 Å². The fourth-order valence-electron chi connectivity index (χ4n) is 6.33. The van der Waals surface area contributed by atoms with Crippen molar-refractivity contribution in [3.05, 3.63) is 81.1 Å². The van der Waals surface area contributed by atoms with Crippen LogP contribution in [-0.2, 0) is 33.8 Å². The third-order valence-corrected chi connectivity index (χ3v) is 10.3. The van der Waals surface area contributed by atoms with E-state index in [0.29, 0.717) is 47.5 Å². The first kappa shape index (κ1) is 36.2. The maximum absolute atomic E-state index is 14.6. The summed E-state index contributed by atoms with van der Waals surface area (Å²) in [4.78, 5) is 44.7. The third-order valence-electron chi connectivity index (χ3n) is 9.76. The number of hydrogen-bond acceptors (Lipinski definition) is 7. The SMILES string of the molecule is CCC(C)[C@H](NC(=O)OCc1ccccc1)C(=O)NC[C@@]1(C(=O)N[C@H](c2nnc(C)o2)C(C)CC)CCc2[nH]c3c(Cl)cc(Cl)cc3c2C1. The minimum absolute atomic E-state index is 0.0128. The predicted molar refractivity (Wildman–Crippen MR) is 188 cm³/mol. The number of amides is 3. The van der Waals surface area contributed by atoms with E-state index < -0.39 is 29.5 Å². The molecular formula is C36H44Cl2N6O5. The highest BCUT2D eigenvalue weighted by Crippen LogP contribution is 2.42. The summed E-state index contributed by atoms with van der Waals surface area (Å²) < 4.78 is 11.2. The van der Waals surface area contributed by atoms with Crippen molar-refractivity contribution < 1.29 is 23.5 Å². The number of nitrogens with one attached hydrogen (secondary N) is 4. The molecule has 0 radical (unpaired) electrons. The van der Waals surface area contributed by atoms with E-state index in [-0.39, 0.29) is 30.9 Å². The van der Waals surface area contributed by atoms with Crippen molar-refractivity contribution in [1.29, 1.82) is 0 Å². The Morgan fingerprint density at radius 1 is 1.04 bits per heavy atom. The molecule has 2 unspecified atom stereocenters. The second kappa shape index (κ2) is 15.6. The Labute approximate surface area is 296 Å². The summed E-state index contributed by atoms with van der Waals surface area (Å²) in [5.74, 6) is -0.143. The summed E-state index contributed by atoms with van der Waals surface area (Å²) >= 11 is 13.0. The van der Waals surface area contributed by atoms with Crippen molar-refractivity contribution in [1.82, 2.24) is 31.1 Å². The average molecular weight is 712 g/mol. The highest BCUT2D eigenvalue weighted by atomic mass is 35.5. The first-order valence-electron chi connectivity index (χ1n) is 16.8. The zero-order valence-electron chi connectivity index (χ0n) is 28.5. The normalized spacial score (nSPS) is 18.2. The largest absolute Gasteiger partial charge is 0.445 e. The van der Waals surface area contributed by atoms with Gasteiger partial charge in [-0.3, -0.25) is 9.59 Å². The molecule has 262 valence electrons. The van der Waals surface area contributed by atoms with Crippen LogP contribution in [0.1, 0.15) is 81.6 Å². The number of carbonyl (C=O) groups is 3. The van der Waals surface area contributed by atoms with Gasteiger partial charge in [0.05, 0.1) is 16.0 Å². The maximum atomic E-state index is 14.6. The quantitative estimate of drug-likeness (QED) is 0.117. The van der Waals surface area contributed by atoms with Gasteiger partial charge in [-0.15, -0.1) is 10.2 Å². The van der Waals surface area contributed by atoms with Gasteiger partial charge in [0.25, 0.3) is 0 Å². The Kier molecular flexibility index (Phi) is 11.5. The second-order valence-corrected chi connectivity index (χ2v) is 14.0. The number of carbonyl (C=O) groups excluding carboxylic acids is 3. The summed E-state index contributed by atoms with van der Waals surface area (Å²) in [6.07, 6.45) is 1.96. The number of nitrogens with zero attached hydrogens (tertiary/aromatic N) is 2. The van der Waals surface area contributed by atoms with Crippen LogP contribution in [0.15, 0.2) is 46.9 Å². The number of alkyl carbamates (subject to hydrolysis) is 1. The lowest BCUT2D eigenvalue weighted by atomic mass is 9.71.